The molecule has 2 unspecified atom stereocenters. The van der Waals surface area contributed by atoms with Gasteiger partial charge in [0.05, 0.1) is 29.8 Å². The van der Waals surface area contributed by atoms with Crippen LogP contribution in [0.25, 0.3) is 0 Å². The molecular formula is C13H17N5OS. The lowest BCUT2D eigenvalue weighted by Crippen LogP contribution is -2.48. The molecule has 2 aromatic heterocycles. The van der Waals surface area contributed by atoms with E-state index in [2.05, 4.69) is 25.6 Å². The van der Waals surface area contributed by atoms with Crippen molar-refractivity contribution in [2.24, 2.45) is 0 Å². The lowest BCUT2D eigenvalue weighted by atomic mass is 10.0. The van der Waals surface area contributed by atoms with Crippen LogP contribution in [0.4, 0.5) is 0 Å². The number of hydrogen-bond acceptors (Lipinski definition) is 5. The standard InChI is InChI=1S/C13H17N5OS/c1-7-4-15-13(20-7)8(2)18-12(19)10-3-9-11(5-14-10)17-6-16-9/h4,6,8,10,14H,3,5H2,1-2H3,(H,16,17)(H,18,19). The summed E-state index contributed by atoms with van der Waals surface area (Å²) in [5, 5.41) is 7.17. The Bertz CT molecular complexity index is 620. The third-order valence-electron chi connectivity index (χ3n) is 3.42. The van der Waals surface area contributed by atoms with Crippen LogP contribution in [0.3, 0.4) is 0 Å². The predicted octanol–water partition coefficient (Wildman–Crippen LogP) is 1.07. The van der Waals surface area contributed by atoms with E-state index in [0.717, 1.165) is 21.3 Å². The van der Waals surface area contributed by atoms with Gasteiger partial charge in [-0.05, 0) is 13.8 Å². The number of fused-ring (bicyclic) bond motifs is 1. The summed E-state index contributed by atoms with van der Waals surface area (Å²) in [6, 6.07) is -0.294. The van der Waals surface area contributed by atoms with E-state index in [0.29, 0.717) is 13.0 Å². The van der Waals surface area contributed by atoms with Crippen LogP contribution in [0, 0.1) is 6.92 Å². The lowest BCUT2D eigenvalue weighted by molar-refractivity contribution is -0.124. The second-order valence-electron chi connectivity index (χ2n) is 5.00. The fourth-order valence-electron chi connectivity index (χ4n) is 2.30. The van der Waals surface area contributed by atoms with Gasteiger partial charge in [0.25, 0.3) is 0 Å². The van der Waals surface area contributed by atoms with Crippen molar-refractivity contribution < 1.29 is 4.79 Å². The Morgan fingerprint density at radius 2 is 2.40 bits per heavy atom. The summed E-state index contributed by atoms with van der Waals surface area (Å²) in [5.41, 5.74) is 2.04. The molecule has 3 heterocycles. The molecule has 0 bridgehead atoms. The van der Waals surface area contributed by atoms with Crippen molar-refractivity contribution >= 4 is 17.2 Å². The van der Waals surface area contributed by atoms with E-state index in [4.69, 9.17) is 0 Å². The number of carbonyl (C=O) groups excluding carboxylic acids is 1. The largest absolute Gasteiger partial charge is 0.347 e. The number of amides is 1. The maximum absolute atomic E-state index is 12.3. The molecule has 1 aliphatic rings. The van der Waals surface area contributed by atoms with Crippen molar-refractivity contribution in [3.8, 4) is 0 Å². The van der Waals surface area contributed by atoms with Crippen LogP contribution in [-0.4, -0.2) is 26.9 Å². The normalized spacial score (nSPS) is 19.4. The average molecular weight is 291 g/mol. The van der Waals surface area contributed by atoms with Crippen LogP contribution in [-0.2, 0) is 17.8 Å². The molecule has 0 saturated carbocycles. The van der Waals surface area contributed by atoms with Crippen molar-refractivity contribution in [1.29, 1.82) is 0 Å². The fourth-order valence-corrected chi connectivity index (χ4v) is 3.08. The highest BCUT2D eigenvalue weighted by molar-refractivity contribution is 7.11. The predicted molar refractivity (Wildman–Crippen MR) is 76.3 cm³/mol. The zero-order valence-electron chi connectivity index (χ0n) is 11.4. The third kappa shape index (κ3) is 2.59. The van der Waals surface area contributed by atoms with Crippen molar-refractivity contribution in [2.45, 2.75) is 38.9 Å². The van der Waals surface area contributed by atoms with Gasteiger partial charge in [-0.1, -0.05) is 0 Å². The van der Waals surface area contributed by atoms with Crippen molar-refractivity contribution in [1.82, 2.24) is 25.6 Å². The van der Waals surface area contributed by atoms with E-state index in [-0.39, 0.29) is 18.0 Å². The highest BCUT2D eigenvalue weighted by Gasteiger charge is 2.27. The quantitative estimate of drug-likeness (QED) is 0.790. The van der Waals surface area contributed by atoms with Crippen LogP contribution in [0.2, 0.25) is 0 Å². The summed E-state index contributed by atoms with van der Waals surface area (Å²) in [7, 11) is 0. The minimum atomic E-state index is -0.227. The van der Waals surface area contributed by atoms with E-state index < -0.39 is 0 Å². The maximum atomic E-state index is 12.3. The van der Waals surface area contributed by atoms with E-state index in [1.165, 1.54) is 0 Å². The first-order valence-corrected chi connectivity index (χ1v) is 7.42. The van der Waals surface area contributed by atoms with Gasteiger partial charge in [0, 0.05) is 24.0 Å². The molecule has 0 fully saturated rings. The van der Waals surface area contributed by atoms with Gasteiger partial charge in [-0.25, -0.2) is 9.97 Å². The Kier molecular flexibility index (Phi) is 3.54. The summed E-state index contributed by atoms with van der Waals surface area (Å²) < 4.78 is 0. The van der Waals surface area contributed by atoms with E-state index in [9.17, 15) is 4.79 Å². The Balaban J connectivity index is 1.63. The van der Waals surface area contributed by atoms with Gasteiger partial charge < -0.3 is 10.3 Å². The summed E-state index contributed by atoms with van der Waals surface area (Å²) >= 11 is 1.61. The van der Waals surface area contributed by atoms with Crippen molar-refractivity contribution in [3.63, 3.8) is 0 Å². The summed E-state index contributed by atoms with van der Waals surface area (Å²) in [6.07, 6.45) is 4.12. The van der Waals surface area contributed by atoms with Crippen molar-refractivity contribution in [3.05, 3.63) is 33.8 Å². The van der Waals surface area contributed by atoms with Gasteiger partial charge in [0.15, 0.2) is 0 Å². The van der Waals surface area contributed by atoms with Gasteiger partial charge >= 0.3 is 0 Å². The Labute approximate surface area is 121 Å². The van der Waals surface area contributed by atoms with Crippen LogP contribution >= 0.6 is 11.3 Å². The lowest BCUT2D eigenvalue weighted by Gasteiger charge is -2.23. The number of imidazole rings is 1. The zero-order valence-corrected chi connectivity index (χ0v) is 12.3. The van der Waals surface area contributed by atoms with Gasteiger partial charge in [-0.3, -0.25) is 10.1 Å². The zero-order chi connectivity index (χ0) is 14.1. The number of aromatic nitrogens is 3. The molecule has 6 nitrogen and oxygen atoms in total. The molecular weight excluding hydrogens is 274 g/mol. The molecule has 3 N–H and O–H groups in total. The molecule has 0 spiro atoms. The second-order valence-corrected chi connectivity index (χ2v) is 6.27. The summed E-state index contributed by atoms with van der Waals surface area (Å²) in [4.78, 5) is 25.1. The highest BCUT2D eigenvalue weighted by Crippen LogP contribution is 2.19. The van der Waals surface area contributed by atoms with Gasteiger partial charge in [-0.2, -0.15) is 0 Å². The average Bonchev–Trinajstić information content (AvgIpc) is 3.05. The monoisotopic (exact) mass is 291 g/mol. The Morgan fingerprint density at radius 1 is 1.55 bits per heavy atom. The third-order valence-corrected chi connectivity index (χ3v) is 4.51. The van der Waals surface area contributed by atoms with E-state index in [1.54, 1.807) is 17.7 Å². The number of rotatable bonds is 3. The van der Waals surface area contributed by atoms with Gasteiger partial charge in [0.1, 0.15) is 5.01 Å². The molecule has 0 aromatic carbocycles. The number of nitrogens with zero attached hydrogens (tertiary/aromatic N) is 2. The van der Waals surface area contributed by atoms with Crippen molar-refractivity contribution in [2.75, 3.05) is 0 Å². The van der Waals surface area contributed by atoms with Crippen LogP contribution in [0.5, 0.6) is 0 Å². The topological polar surface area (TPSA) is 82.7 Å². The molecule has 0 radical (unpaired) electrons. The first-order chi connectivity index (χ1) is 9.63. The summed E-state index contributed by atoms with van der Waals surface area (Å²) in [6.45, 7) is 4.62. The molecule has 7 heteroatoms. The second kappa shape index (κ2) is 5.34. The molecule has 3 rings (SSSR count). The van der Waals surface area contributed by atoms with Gasteiger partial charge in [-0.15, -0.1) is 11.3 Å². The SMILES string of the molecule is Cc1cnc(C(C)NC(=O)C2Cc3nc[nH]c3CN2)s1. The number of aromatic amines is 1. The smallest absolute Gasteiger partial charge is 0.238 e. The molecule has 106 valence electrons. The minimum Gasteiger partial charge on any atom is -0.347 e. The molecule has 2 atom stereocenters. The minimum absolute atomic E-state index is 0.000923. The molecule has 0 saturated heterocycles. The van der Waals surface area contributed by atoms with Crippen LogP contribution in [0.15, 0.2) is 12.5 Å². The first kappa shape index (κ1) is 13.3. The van der Waals surface area contributed by atoms with E-state index >= 15 is 0 Å². The number of H-pyrrole nitrogens is 1. The van der Waals surface area contributed by atoms with Crippen LogP contribution in [0.1, 0.15) is 34.2 Å². The number of aryl methyl sites for hydroxylation is 1. The summed E-state index contributed by atoms with van der Waals surface area (Å²) in [5.74, 6) is -0.000923. The molecule has 2 aromatic rings. The maximum Gasteiger partial charge on any atom is 0.238 e. The number of carbonyl (C=O) groups is 1. The highest BCUT2D eigenvalue weighted by atomic mass is 32.1. The molecule has 1 aliphatic heterocycles. The number of hydrogen-bond donors (Lipinski definition) is 3. The number of thiazole rings is 1. The van der Waals surface area contributed by atoms with Gasteiger partial charge in [0.2, 0.25) is 5.91 Å². The Morgan fingerprint density at radius 3 is 3.15 bits per heavy atom. The van der Waals surface area contributed by atoms with Crippen LogP contribution < -0.4 is 10.6 Å². The fraction of sp³-hybridized carbons (Fsp3) is 0.462. The molecule has 1 amide bonds. The number of nitrogens with one attached hydrogen (secondary N) is 3. The molecule has 0 aliphatic carbocycles. The first-order valence-electron chi connectivity index (χ1n) is 6.60. The molecule has 20 heavy (non-hydrogen) atoms. The Hall–Kier alpha value is -1.73. The van der Waals surface area contributed by atoms with E-state index in [1.807, 2.05) is 20.0 Å².